The van der Waals surface area contributed by atoms with Gasteiger partial charge in [0, 0.05) is 61.5 Å². The second kappa shape index (κ2) is 10.9. The van der Waals surface area contributed by atoms with Crippen molar-refractivity contribution in [2.24, 2.45) is 0 Å². The van der Waals surface area contributed by atoms with Gasteiger partial charge < -0.3 is 29.4 Å². The summed E-state index contributed by atoms with van der Waals surface area (Å²) in [4.78, 5) is 30.5. The first-order valence-corrected chi connectivity index (χ1v) is 13.2. The van der Waals surface area contributed by atoms with E-state index in [1.165, 1.54) is 6.08 Å². The lowest BCUT2D eigenvalue weighted by atomic mass is 10.0. The summed E-state index contributed by atoms with van der Waals surface area (Å²) in [5, 5.41) is 12.5. The normalized spacial score (nSPS) is 17.6. The number of aromatic nitrogens is 2. The van der Waals surface area contributed by atoms with Crippen LogP contribution in [0.1, 0.15) is 18.2 Å². The molecule has 2 aliphatic rings. The minimum atomic E-state index is -0.0384. The summed E-state index contributed by atoms with van der Waals surface area (Å²) in [5.74, 6) is 1.11. The molecule has 0 unspecified atom stereocenters. The van der Waals surface area contributed by atoms with Crippen molar-refractivity contribution >= 4 is 28.2 Å². The maximum atomic E-state index is 12.3. The number of anilines is 2. The molecule has 0 saturated carbocycles. The summed E-state index contributed by atoms with van der Waals surface area (Å²) in [7, 11) is 4.01. The van der Waals surface area contributed by atoms with Crippen LogP contribution in [0.4, 0.5) is 11.5 Å². The molecule has 0 radical (unpaired) electrons. The van der Waals surface area contributed by atoms with Crippen molar-refractivity contribution in [3.05, 3.63) is 60.3 Å². The van der Waals surface area contributed by atoms with E-state index in [2.05, 4.69) is 34.3 Å². The first-order valence-electron chi connectivity index (χ1n) is 13.2. The standard InChI is InChI=1S/C29H36N6O3/c1-5-27(37)35-13-12-34(18-20(35)2)28-24-10-11-33(19-25(24)30-29(31-28)38-15-14-32(3)4)26-17-22(36)16-21-8-6-7-9-23(21)26/h5-9,16-17,20,36H,1,10-15,18-19H2,2-4H3/t20-/m0/s1. The summed E-state index contributed by atoms with van der Waals surface area (Å²) < 4.78 is 6.02. The number of phenolic OH excluding ortho intramolecular Hbond substituents is 1. The van der Waals surface area contributed by atoms with Gasteiger partial charge in [-0.3, -0.25) is 4.79 Å². The Morgan fingerprint density at radius 3 is 2.76 bits per heavy atom. The van der Waals surface area contributed by atoms with Gasteiger partial charge in [0.15, 0.2) is 0 Å². The number of phenols is 1. The van der Waals surface area contributed by atoms with Crippen LogP contribution in [0, 0.1) is 0 Å². The number of carbonyl (C=O) groups excluding carboxylic acids is 1. The largest absolute Gasteiger partial charge is 0.508 e. The van der Waals surface area contributed by atoms with Gasteiger partial charge >= 0.3 is 6.01 Å². The van der Waals surface area contributed by atoms with E-state index in [-0.39, 0.29) is 17.7 Å². The Bertz CT molecular complexity index is 1340. The molecule has 1 saturated heterocycles. The molecular weight excluding hydrogens is 480 g/mol. The average molecular weight is 517 g/mol. The number of nitrogens with zero attached hydrogens (tertiary/aromatic N) is 6. The molecule has 9 nitrogen and oxygen atoms in total. The maximum absolute atomic E-state index is 12.3. The van der Waals surface area contributed by atoms with Crippen molar-refractivity contribution in [1.29, 1.82) is 0 Å². The third-order valence-electron chi connectivity index (χ3n) is 7.34. The fraction of sp³-hybridized carbons (Fsp3) is 0.414. The summed E-state index contributed by atoms with van der Waals surface area (Å²) in [6.45, 7) is 10.3. The number of likely N-dealkylation sites (N-methyl/N-ethyl adjacent to an activating group) is 1. The summed E-state index contributed by atoms with van der Waals surface area (Å²) in [6.07, 6.45) is 2.15. The van der Waals surface area contributed by atoms with E-state index in [0.717, 1.165) is 53.0 Å². The van der Waals surface area contributed by atoms with Crippen LogP contribution >= 0.6 is 0 Å². The van der Waals surface area contributed by atoms with Crippen LogP contribution in [0.25, 0.3) is 10.8 Å². The van der Waals surface area contributed by atoms with Gasteiger partial charge in [-0.1, -0.05) is 30.8 Å². The number of fused-ring (bicyclic) bond motifs is 2. The number of hydrogen-bond donors (Lipinski definition) is 1. The van der Waals surface area contributed by atoms with Gasteiger partial charge in [-0.15, -0.1) is 0 Å². The van der Waals surface area contributed by atoms with Crippen molar-refractivity contribution < 1.29 is 14.6 Å². The second-order valence-corrected chi connectivity index (χ2v) is 10.3. The first-order chi connectivity index (χ1) is 18.3. The first kappa shape index (κ1) is 25.8. The molecule has 5 rings (SSSR count). The molecule has 0 spiro atoms. The number of piperazine rings is 1. The Balaban J connectivity index is 1.48. The highest BCUT2D eigenvalue weighted by Crippen LogP contribution is 2.36. The van der Waals surface area contributed by atoms with Gasteiger partial charge in [-0.05, 0) is 45.0 Å². The van der Waals surface area contributed by atoms with E-state index < -0.39 is 0 Å². The molecule has 1 aromatic heterocycles. The molecular formula is C29H36N6O3. The van der Waals surface area contributed by atoms with Crippen molar-refractivity contribution in [2.45, 2.75) is 25.9 Å². The van der Waals surface area contributed by atoms with Crippen LogP contribution in [0.5, 0.6) is 11.8 Å². The Morgan fingerprint density at radius 2 is 2.00 bits per heavy atom. The molecule has 3 aromatic rings. The molecule has 1 fully saturated rings. The molecule has 200 valence electrons. The number of aromatic hydroxyl groups is 1. The van der Waals surface area contributed by atoms with E-state index >= 15 is 0 Å². The number of benzene rings is 2. The highest BCUT2D eigenvalue weighted by Gasteiger charge is 2.31. The van der Waals surface area contributed by atoms with E-state index in [1.54, 1.807) is 6.07 Å². The van der Waals surface area contributed by atoms with Gasteiger partial charge in [0.25, 0.3) is 0 Å². The predicted octanol–water partition coefficient (Wildman–Crippen LogP) is 3.06. The molecule has 9 heteroatoms. The van der Waals surface area contributed by atoms with Gasteiger partial charge in [-0.25, -0.2) is 0 Å². The Hall–Kier alpha value is -3.85. The van der Waals surface area contributed by atoms with Crippen LogP contribution < -0.4 is 14.5 Å². The lowest BCUT2D eigenvalue weighted by molar-refractivity contribution is -0.128. The second-order valence-electron chi connectivity index (χ2n) is 10.3. The van der Waals surface area contributed by atoms with Crippen LogP contribution in [0.3, 0.4) is 0 Å². The van der Waals surface area contributed by atoms with Crippen molar-refractivity contribution in [3.8, 4) is 11.8 Å². The fourth-order valence-electron chi connectivity index (χ4n) is 5.37. The lowest BCUT2D eigenvalue weighted by Crippen LogP contribution is -2.54. The number of hydrogen-bond acceptors (Lipinski definition) is 8. The highest BCUT2D eigenvalue weighted by molar-refractivity contribution is 5.95. The number of rotatable bonds is 7. The molecule has 1 N–H and O–H groups in total. The van der Waals surface area contributed by atoms with E-state index in [4.69, 9.17) is 14.7 Å². The minimum Gasteiger partial charge on any atom is -0.508 e. The van der Waals surface area contributed by atoms with Crippen molar-refractivity contribution in [1.82, 2.24) is 19.8 Å². The van der Waals surface area contributed by atoms with Crippen LogP contribution in [-0.4, -0.2) is 90.2 Å². The fourth-order valence-corrected chi connectivity index (χ4v) is 5.37. The molecule has 1 amide bonds. The van der Waals surface area contributed by atoms with E-state index in [1.807, 2.05) is 43.3 Å². The number of carbonyl (C=O) groups is 1. The molecule has 3 heterocycles. The lowest BCUT2D eigenvalue weighted by Gasteiger charge is -2.41. The zero-order valence-electron chi connectivity index (χ0n) is 22.4. The van der Waals surface area contributed by atoms with Gasteiger partial charge in [-0.2, -0.15) is 9.97 Å². The molecule has 0 aliphatic carbocycles. The van der Waals surface area contributed by atoms with Gasteiger partial charge in [0.1, 0.15) is 18.2 Å². The highest BCUT2D eigenvalue weighted by atomic mass is 16.5. The zero-order chi connectivity index (χ0) is 26.8. The monoisotopic (exact) mass is 516 g/mol. The molecule has 0 bridgehead atoms. The van der Waals surface area contributed by atoms with Crippen LogP contribution in [0.2, 0.25) is 0 Å². The van der Waals surface area contributed by atoms with Crippen LogP contribution in [-0.2, 0) is 17.8 Å². The van der Waals surface area contributed by atoms with Crippen molar-refractivity contribution in [3.63, 3.8) is 0 Å². The van der Waals surface area contributed by atoms with Gasteiger partial charge in [0.2, 0.25) is 5.91 Å². The third kappa shape index (κ3) is 5.24. The summed E-state index contributed by atoms with van der Waals surface area (Å²) in [6, 6.07) is 12.2. The average Bonchev–Trinajstić information content (AvgIpc) is 2.91. The predicted molar refractivity (Wildman–Crippen MR) is 150 cm³/mol. The smallest absolute Gasteiger partial charge is 0.318 e. The summed E-state index contributed by atoms with van der Waals surface area (Å²) in [5.41, 5.74) is 3.05. The summed E-state index contributed by atoms with van der Waals surface area (Å²) >= 11 is 0. The molecule has 2 aromatic carbocycles. The molecule has 38 heavy (non-hydrogen) atoms. The SMILES string of the molecule is C=CC(=O)N1CCN(c2nc(OCCN(C)C)nc3c2CCN(c2cc(O)cc4ccccc24)C3)C[C@@H]1C. The quantitative estimate of drug-likeness (QED) is 0.480. The number of ether oxygens (including phenoxy) is 1. The molecule has 1 atom stereocenters. The maximum Gasteiger partial charge on any atom is 0.318 e. The Kier molecular flexibility index (Phi) is 7.37. The number of amides is 1. The van der Waals surface area contributed by atoms with E-state index in [9.17, 15) is 9.90 Å². The van der Waals surface area contributed by atoms with E-state index in [0.29, 0.717) is 38.8 Å². The van der Waals surface area contributed by atoms with Crippen molar-refractivity contribution in [2.75, 3.05) is 63.2 Å². The topological polar surface area (TPSA) is 85.3 Å². The van der Waals surface area contributed by atoms with Crippen LogP contribution in [0.15, 0.2) is 49.1 Å². The minimum absolute atomic E-state index is 0.0384. The Labute approximate surface area is 223 Å². The zero-order valence-corrected chi connectivity index (χ0v) is 22.4. The third-order valence-corrected chi connectivity index (χ3v) is 7.34. The molecule has 2 aliphatic heterocycles. The Morgan fingerprint density at radius 1 is 1.18 bits per heavy atom. The van der Waals surface area contributed by atoms with Gasteiger partial charge in [0.05, 0.1) is 12.2 Å².